The minimum Gasteiger partial charge on any atom is -0.496 e. The van der Waals surface area contributed by atoms with Crippen LogP contribution in [0, 0.1) is 23.1 Å². The zero-order chi connectivity index (χ0) is 22.7. The summed E-state index contributed by atoms with van der Waals surface area (Å²) in [7, 11) is 1.44. The molecular weight excluding hydrogens is 411 g/mol. The number of esters is 1. The third-order valence-electron chi connectivity index (χ3n) is 6.39. The van der Waals surface area contributed by atoms with Crippen molar-refractivity contribution >= 4 is 11.9 Å². The number of piperidine rings is 1. The molecule has 7 heteroatoms. The molecule has 1 saturated heterocycles. The Kier molecular flexibility index (Phi) is 6.40. The number of halogens is 1. The van der Waals surface area contributed by atoms with Crippen LogP contribution in [0.2, 0.25) is 0 Å². The minimum atomic E-state index is -0.641. The molecule has 0 N–H and O–H groups in total. The highest BCUT2D eigenvalue weighted by Crippen LogP contribution is 2.27. The highest BCUT2D eigenvalue weighted by molar-refractivity contribution is 5.93. The Balaban J connectivity index is 1.28. The summed E-state index contributed by atoms with van der Waals surface area (Å²) in [5, 5.41) is 8.97. The fourth-order valence-corrected chi connectivity index (χ4v) is 4.47. The van der Waals surface area contributed by atoms with E-state index in [4.69, 9.17) is 14.7 Å². The molecule has 1 fully saturated rings. The van der Waals surface area contributed by atoms with Crippen molar-refractivity contribution in [2.24, 2.45) is 5.92 Å². The van der Waals surface area contributed by atoms with Crippen LogP contribution in [-0.2, 0) is 29.0 Å². The Bertz CT molecular complexity index is 1080. The van der Waals surface area contributed by atoms with Gasteiger partial charge in [0.05, 0.1) is 24.7 Å². The molecule has 1 amide bonds. The summed E-state index contributed by atoms with van der Waals surface area (Å²) in [6.45, 7) is 1.71. The first kappa shape index (κ1) is 21.8. The largest absolute Gasteiger partial charge is 0.496 e. The van der Waals surface area contributed by atoms with E-state index in [1.165, 1.54) is 24.8 Å². The van der Waals surface area contributed by atoms with Gasteiger partial charge in [-0.3, -0.25) is 4.79 Å². The number of benzene rings is 2. The highest BCUT2D eigenvalue weighted by Gasteiger charge is 2.25. The van der Waals surface area contributed by atoms with Gasteiger partial charge in [0.2, 0.25) is 5.91 Å². The van der Waals surface area contributed by atoms with Crippen molar-refractivity contribution in [2.75, 3.05) is 20.2 Å². The molecule has 0 atom stereocenters. The van der Waals surface area contributed by atoms with Crippen molar-refractivity contribution in [1.82, 2.24) is 4.90 Å². The maximum atomic E-state index is 14.0. The smallest absolute Gasteiger partial charge is 0.338 e. The van der Waals surface area contributed by atoms with Gasteiger partial charge < -0.3 is 14.4 Å². The van der Waals surface area contributed by atoms with Crippen LogP contribution in [0.5, 0.6) is 5.75 Å². The van der Waals surface area contributed by atoms with Crippen LogP contribution in [0.1, 0.15) is 51.9 Å². The molecule has 4 rings (SSSR count). The molecule has 2 aliphatic heterocycles. The van der Waals surface area contributed by atoms with E-state index in [9.17, 15) is 14.0 Å². The number of hydrogen-bond acceptors (Lipinski definition) is 5. The topological polar surface area (TPSA) is 79.6 Å². The molecule has 2 aliphatic rings. The summed E-state index contributed by atoms with van der Waals surface area (Å²) >= 11 is 0. The SMILES string of the molecule is COc1cc(C#N)c(F)cc1CC(=O)N1CCC(CCc2ccc3c(c2)COC3=O)CC1. The number of amides is 1. The molecule has 0 unspecified atom stereocenters. The van der Waals surface area contributed by atoms with E-state index in [0.29, 0.717) is 42.5 Å². The van der Waals surface area contributed by atoms with Gasteiger partial charge in [0.25, 0.3) is 0 Å². The predicted molar refractivity (Wildman–Crippen MR) is 115 cm³/mol. The van der Waals surface area contributed by atoms with E-state index < -0.39 is 5.82 Å². The maximum Gasteiger partial charge on any atom is 0.338 e. The highest BCUT2D eigenvalue weighted by atomic mass is 19.1. The van der Waals surface area contributed by atoms with Crippen LogP contribution in [0.25, 0.3) is 0 Å². The van der Waals surface area contributed by atoms with E-state index in [1.807, 2.05) is 17.0 Å². The number of rotatable bonds is 6. The molecule has 0 bridgehead atoms. The molecule has 0 spiro atoms. The van der Waals surface area contributed by atoms with Gasteiger partial charge in [-0.2, -0.15) is 5.26 Å². The number of fused-ring (bicyclic) bond motifs is 1. The average molecular weight is 436 g/mol. The van der Waals surface area contributed by atoms with Crippen LogP contribution in [0.4, 0.5) is 4.39 Å². The zero-order valence-electron chi connectivity index (χ0n) is 18.0. The lowest BCUT2D eigenvalue weighted by atomic mass is 9.89. The van der Waals surface area contributed by atoms with E-state index in [-0.39, 0.29) is 23.9 Å². The molecule has 0 aromatic heterocycles. The summed E-state index contributed by atoms with van der Waals surface area (Å²) in [6, 6.07) is 10.2. The van der Waals surface area contributed by atoms with Gasteiger partial charge in [0, 0.05) is 30.3 Å². The van der Waals surface area contributed by atoms with Crippen LogP contribution < -0.4 is 4.74 Å². The van der Waals surface area contributed by atoms with Crippen LogP contribution in [0.15, 0.2) is 30.3 Å². The number of ether oxygens (including phenoxy) is 2. The second-order valence-corrected chi connectivity index (χ2v) is 8.36. The molecule has 2 heterocycles. The number of carbonyl (C=O) groups is 2. The van der Waals surface area contributed by atoms with Crippen molar-refractivity contribution in [3.8, 4) is 11.8 Å². The molecular formula is C25H25FN2O4. The number of hydrogen-bond donors (Lipinski definition) is 0. The summed E-state index contributed by atoms with van der Waals surface area (Å²) in [5.74, 6) is -0.0592. The van der Waals surface area contributed by atoms with Gasteiger partial charge in [-0.05, 0) is 49.3 Å². The Morgan fingerprint density at radius 3 is 2.78 bits per heavy atom. The van der Waals surface area contributed by atoms with Crippen molar-refractivity contribution in [3.05, 3.63) is 64.0 Å². The predicted octanol–water partition coefficient (Wildman–Crippen LogP) is 3.79. The van der Waals surface area contributed by atoms with Gasteiger partial charge in [-0.25, -0.2) is 9.18 Å². The molecule has 32 heavy (non-hydrogen) atoms. The summed E-state index contributed by atoms with van der Waals surface area (Å²) in [6.07, 6.45) is 3.87. The molecule has 6 nitrogen and oxygen atoms in total. The normalized spacial score (nSPS) is 15.8. The first-order valence-electron chi connectivity index (χ1n) is 10.8. The molecule has 0 radical (unpaired) electrons. The Hall–Kier alpha value is -3.40. The first-order chi connectivity index (χ1) is 15.5. The first-order valence-corrected chi connectivity index (χ1v) is 10.8. The zero-order valence-corrected chi connectivity index (χ0v) is 18.0. The quantitative estimate of drug-likeness (QED) is 0.644. The van der Waals surface area contributed by atoms with Crippen molar-refractivity contribution in [1.29, 1.82) is 5.26 Å². The second kappa shape index (κ2) is 9.39. The van der Waals surface area contributed by atoms with Crippen molar-refractivity contribution in [2.45, 2.75) is 38.7 Å². The van der Waals surface area contributed by atoms with Crippen LogP contribution >= 0.6 is 0 Å². The summed E-state index contributed by atoms with van der Waals surface area (Å²) in [5.41, 5.74) is 3.19. The van der Waals surface area contributed by atoms with E-state index in [1.54, 1.807) is 6.07 Å². The number of aryl methyl sites for hydroxylation is 1. The van der Waals surface area contributed by atoms with Gasteiger partial charge in [0.15, 0.2) is 0 Å². The lowest BCUT2D eigenvalue weighted by Gasteiger charge is -2.32. The number of nitriles is 1. The number of carbonyl (C=O) groups excluding carboxylic acids is 2. The second-order valence-electron chi connectivity index (χ2n) is 8.36. The standard InChI is InChI=1S/C25H25FN2O4/c1-31-23-12-19(14-27)22(26)11-18(23)13-24(29)28-8-6-16(7-9-28)2-3-17-4-5-21-20(10-17)15-32-25(21)30/h4-5,10-12,16H,2-3,6-9,13,15H2,1H3. The fourth-order valence-electron chi connectivity index (χ4n) is 4.47. The van der Waals surface area contributed by atoms with Gasteiger partial charge in [-0.15, -0.1) is 0 Å². The number of nitrogens with zero attached hydrogens (tertiary/aromatic N) is 2. The summed E-state index contributed by atoms with van der Waals surface area (Å²) < 4.78 is 24.3. The Labute approximate surface area is 186 Å². The van der Waals surface area contributed by atoms with E-state index >= 15 is 0 Å². The molecule has 0 aliphatic carbocycles. The monoisotopic (exact) mass is 436 g/mol. The van der Waals surface area contributed by atoms with Gasteiger partial charge >= 0.3 is 5.97 Å². The Morgan fingerprint density at radius 1 is 1.28 bits per heavy atom. The van der Waals surface area contributed by atoms with Gasteiger partial charge in [-0.1, -0.05) is 12.1 Å². The lowest BCUT2D eigenvalue weighted by molar-refractivity contribution is -0.131. The third kappa shape index (κ3) is 4.59. The van der Waals surface area contributed by atoms with E-state index in [2.05, 4.69) is 6.07 Å². The molecule has 166 valence electrons. The van der Waals surface area contributed by atoms with E-state index in [0.717, 1.165) is 31.2 Å². The molecule has 2 aromatic rings. The lowest BCUT2D eigenvalue weighted by Crippen LogP contribution is -2.39. The maximum absolute atomic E-state index is 14.0. The Morgan fingerprint density at radius 2 is 2.06 bits per heavy atom. The number of methoxy groups -OCH3 is 1. The number of cyclic esters (lactones) is 1. The fraction of sp³-hybridized carbons (Fsp3) is 0.400. The van der Waals surface area contributed by atoms with Crippen molar-refractivity contribution < 1.29 is 23.5 Å². The average Bonchev–Trinajstić information content (AvgIpc) is 3.18. The van der Waals surface area contributed by atoms with Crippen molar-refractivity contribution in [3.63, 3.8) is 0 Å². The third-order valence-corrected chi connectivity index (χ3v) is 6.39. The van der Waals surface area contributed by atoms with Crippen LogP contribution in [-0.4, -0.2) is 37.0 Å². The molecule has 2 aromatic carbocycles. The molecule has 0 saturated carbocycles. The van der Waals surface area contributed by atoms with Gasteiger partial charge in [0.1, 0.15) is 24.2 Å². The minimum absolute atomic E-state index is 0.0480. The summed E-state index contributed by atoms with van der Waals surface area (Å²) in [4.78, 5) is 26.2. The van der Waals surface area contributed by atoms with Crippen LogP contribution in [0.3, 0.4) is 0 Å². The number of likely N-dealkylation sites (tertiary alicyclic amines) is 1.